The highest BCUT2D eigenvalue weighted by atomic mass is 16.2. The molecule has 1 aliphatic heterocycles. The molecule has 144 valence electrons. The topological polar surface area (TPSA) is 96.8 Å². The van der Waals surface area contributed by atoms with Gasteiger partial charge in [-0.3, -0.25) is 19.3 Å². The van der Waals surface area contributed by atoms with E-state index in [4.69, 9.17) is 0 Å². The summed E-state index contributed by atoms with van der Waals surface area (Å²) in [7, 11) is 1.78. The van der Waals surface area contributed by atoms with Crippen molar-refractivity contribution in [2.75, 3.05) is 6.54 Å². The second-order valence-electron chi connectivity index (χ2n) is 7.29. The van der Waals surface area contributed by atoms with Gasteiger partial charge in [-0.15, -0.1) is 0 Å². The van der Waals surface area contributed by atoms with E-state index in [2.05, 4.69) is 20.1 Å². The average Bonchev–Trinajstić information content (AvgIpc) is 3.09. The molecule has 28 heavy (non-hydrogen) atoms. The maximum absolute atomic E-state index is 13.0. The molecule has 4 heterocycles. The van der Waals surface area contributed by atoms with Crippen LogP contribution in [-0.4, -0.2) is 42.1 Å². The van der Waals surface area contributed by atoms with E-state index < -0.39 is 0 Å². The fraction of sp³-hybridized carbons (Fsp3) is 0.350. The summed E-state index contributed by atoms with van der Waals surface area (Å²) in [5, 5.41) is 4.43. The molecule has 0 radical (unpaired) electrons. The molecule has 0 aliphatic carbocycles. The number of hydrogen-bond acceptors (Lipinski definition) is 5. The monoisotopic (exact) mass is 378 g/mol. The highest BCUT2D eigenvalue weighted by molar-refractivity contribution is 5.92. The van der Waals surface area contributed by atoms with E-state index in [1.807, 2.05) is 19.9 Å². The number of carbonyl (C=O) groups is 1. The van der Waals surface area contributed by atoms with Crippen LogP contribution in [0.2, 0.25) is 0 Å². The van der Waals surface area contributed by atoms with E-state index in [1.165, 1.54) is 0 Å². The maximum atomic E-state index is 13.0. The minimum Gasteiger partial charge on any atom is -0.331 e. The van der Waals surface area contributed by atoms with Crippen LogP contribution in [-0.2, 0) is 20.0 Å². The van der Waals surface area contributed by atoms with Crippen molar-refractivity contribution in [3.05, 3.63) is 63.6 Å². The molecule has 0 saturated heterocycles. The fourth-order valence-corrected chi connectivity index (χ4v) is 3.39. The maximum Gasteiger partial charge on any atom is 0.272 e. The van der Waals surface area contributed by atoms with Crippen LogP contribution in [0.15, 0.2) is 35.4 Å². The zero-order chi connectivity index (χ0) is 19.8. The number of fused-ring (bicyclic) bond motifs is 1. The number of aromatic amines is 1. The third-order valence-electron chi connectivity index (χ3n) is 5.02. The van der Waals surface area contributed by atoms with E-state index in [1.54, 1.807) is 41.2 Å². The van der Waals surface area contributed by atoms with Gasteiger partial charge in [-0.05, 0) is 30.5 Å². The number of hydrogen-bond donors (Lipinski definition) is 1. The SMILES string of the molecule is CC(C)c1cc(C(=O)N2CCc3c(nc(-c4ccncc4)[nH]c3=O)C2)n(C)n1. The van der Waals surface area contributed by atoms with E-state index in [-0.39, 0.29) is 17.4 Å². The van der Waals surface area contributed by atoms with Gasteiger partial charge in [0.2, 0.25) is 0 Å². The van der Waals surface area contributed by atoms with Crippen molar-refractivity contribution in [2.24, 2.45) is 7.05 Å². The van der Waals surface area contributed by atoms with Crippen LogP contribution < -0.4 is 5.56 Å². The Morgan fingerprint density at radius 3 is 2.68 bits per heavy atom. The molecule has 8 heteroatoms. The molecule has 1 N–H and O–H groups in total. The van der Waals surface area contributed by atoms with Crippen LogP contribution in [0.1, 0.15) is 47.2 Å². The van der Waals surface area contributed by atoms with Crippen LogP contribution in [0.3, 0.4) is 0 Å². The van der Waals surface area contributed by atoms with Gasteiger partial charge in [0.05, 0.1) is 17.9 Å². The lowest BCUT2D eigenvalue weighted by atomic mass is 10.1. The van der Waals surface area contributed by atoms with E-state index in [9.17, 15) is 9.59 Å². The summed E-state index contributed by atoms with van der Waals surface area (Å²) in [6.45, 7) is 4.88. The Kier molecular flexibility index (Phi) is 4.54. The Morgan fingerprint density at radius 2 is 2.00 bits per heavy atom. The summed E-state index contributed by atoms with van der Waals surface area (Å²) in [4.78, 5) is 38.7. The summed E-state index contributed by atoms with van der Waals surface area (Å²) in [5.41, 5.74) is 3.36. The second kappa shape index (κ2) is 7.03. The Balaban J connectivity index is 1.65. The molecule has 0 fully saturated rings. The van der Waals surface area contributed by atoms with E-state index in [0.29, 0.717) is 42.3 Å². The number of nitrogens with zero attached hydrogens (tertiary/aromatic N) is 5. The molecular weight excluding hydrogens is 356 g/mol. The lowest BCUT2D eigenvalue weighted by Crippen LogP contribution is -2.39. The zero-order valence-corrected chi connectivity index (χ0v) is 16.1. The van der Waals surface area contributed by atoms with Crippen molar-refractivity contribution in [3.8, 4) is 11.4 Å². The second-order valence-corrected chi connectivity index (χ2v) is 7.29. The predicted molar refractivity (Wildman–Crippen MR) is 104 cm³/mol. The quantitative estimate of drug-likeness (QED) is 0.751. The molecule has 0 unspecified atom stereocenters. The Morgan fingerprint density at radius 1 is 1.25 bits per heavy atom. The number of H-pyrrole nitrogens is 1. The number of carbonyl (C=O) groups excluding carboxylic acids is 1. The van der Waals surface area contributed by atoms with Gasteiger partial charge in [-0.2, -0.15) is 5.10 Å². The number of pyridine rings is 1. The number of rotatable bonds is 3. The Bertz CT molecular complexity index is 1080. The van der Waals surface area contributed by atoms with Crippen molar-refractivity contribution >= 4 is 5.91 Å². The average molecular weight is 378 g/mol. The minimum atomic E-state index is -0.147. The van der Waals surface area contributed by atoms with Crippen LogP contribution in [0.25, 0.3) is 11.4 Å². The summed E-state index contributed by atoms with van der Waals surface area (Å²) in [5.74, 6) is 0.640. The number of amides is 1. The number of nitrogens with one attached hydrogen (secondary N) is 1. The molecule has 1 aliphatic rings. The zero-order valence-electron chi connectivity index (χ0n) is 16.1. The summed E-state index contributed by atoms with van der Waals surface area (Å²) in [6, 6.07) is 5.43. The molecule has 3 aromatic rings. The van der Waals surface area contributed by atoms with Crippen LogP contribution in [0, 0.1) is 0 Å². The van der Waals surface area contributed by atoms with Gasteiger partial charge in [0, 0.05) is 37.1 Å². The molecule has 4 rings (SSSR count). The van der Waals surface area contributed by atoms with Gasteiger partial charge in [0.1, 0.15) is 11.5 Å². The van der Waals surface area contributed by atoms with Gasteiger partial charge in [0.15, 0.2) is 0 Å². The molecule has 3 aromatic heterocycles. The van der Waals surface area contributed by atoms with Gasteiger partial charge in [-0.1, -0.05) is 13.8 Å². The number of aromatic nitrogens is 5. The largest absolute Gasteiger partial charge is 0.331 e. The molecule has 0 atom stereocenters. The molecule has 0 aromatic carbocycles. The third kappa shape index (κ3) is 3.21. The molecule has 8 nitrogen and oxygen atoms in total. The van der Waals surface area contributed by atoms with Crippen molar-refractivity contribution in [2.45, 2.75) is 32.7 Å². The lowest BCUT2D eigenvalue weighted by Gasteiger charge is -2.27. The Hall–Kier alpha value is -3.29. The van der Waals surface area contributed by atoms with Crippen LogP contribution >= 0.6 is 0 Å². The summed E-state index contributed by atoms with van der Waals surface area (Å²) in [6.07, 6.45) is 3.79. The van der Waals surface area contributed by atoms with Crippen LogP contribution in [0.4, 0.5) is 0 Å². The highest BCUT2D eigenvalue weighted by Crippen LogP contribution is 2.21. The van der Waals surface area contributed by atoms with Crippen molar-refractivity contribution in [3.63, 3.8) is 0 Å². The molecule has 1 amide bonds. The lowest BCUT2D eigenvalue weighted by molar-refractivity contribution is 0.0720. The highest BCUT2D eigenvalue weighted by Gasteiger charge is 2.27. The first-order valence-electron chi connectivity index (χ1n) is 9.29. The molecule has 0 bridgehead atoms. The minimum absolute atomic E-state index is 0.0971. The standard InChI is InChI=1S/C20H22N6O2/c1-12(2)15-10-17(25(3)24-15)20(28)26-9-6-14-16(11-26)22-18(23-19(14)27)13-4-7-21-8-5-13/h4-5,7-8,10,12H,6,9,11H2,1-3H3,(H,22,23,27). The smallest absolute Gasteiger partial charge is 0.272 e. The first-order valence-corrected chi connectivity index (χ1v) is 9.29. The molecular formula is C20H22N6O2. The normalized spacial score (nSPS) is 13.6. The third-order valence-corrected chi connectivity index (χ3v) is 5.02. The van der Waals surface area contributed by atoms with Gasteiger partial charge >= 0.3 is 0 Å². The first kappa shape index (κ1) is 18.1. The first-order chi connectivity index (χ1) is 13.4. The van der Waals surface area contributed by atoms with Gasteiger partial charge < -0.3 is 9.88 Å². The van der Waals surface area contributed by atoms with Crippen molar-refractivity contribution in [1.29, 1.82) is 0 Å². The predicted octanol–water partition coefficient (Wildman–Crippen LogP) is 1.89. The van der Waals surface area contributed by atoms with Crippen molar-refractivity contribution in [1.82, 2.24) is 29.6 Å². The summed E-state index contributed by atoms with van der Waals surface area (Å²) < 4.78 is 1.63. The Labute approximate surface area is 162 Å². The molecule has 0 saturated carbocycles. The summed E-state index contributed by atoms with van der Waals surface area (Å²) >= 11 is 0. The molecule has 0 spiro atoms. The fourth-order valence-electron chi connectivity index (χ4n) is 3.39. The van der Waals surface area contributed by atoms with Crippen molar-refractivity contribution < 1.29 is 4.79 Å². The van der Waals surface area contributed by atoms with E-state index >= 15 is 0 Å². The van der Waals surface area contributed by atoms with Gasteiger partial charge in [-0.25, -0.2) is 4.98 Å². The van der Waals surface area contributed by atoms with Crippen LogP contribution in [0.5, 0.6) is 0 Å². The number of aryl methyl sites for hydroxylation is 1. The van der Waals surface area contributed by atoms with Gasteiger partial charge in [0.25, 0.3) is 11.5 Å². The van der Waals surface area contributed by atoms with E-state index in [0.717, 1.165) is 11.3 Å².